The van der Waals surface area contributed by atoms with E-state index < -0.39 is 0 Å². The first-order chi connectivity index (χ1) is 27.2. The van der Waals surface area contributed by atoms with Crippen LogP contribution in [0.4, 0.5) is 0 Å². The highest BCUT2D eigenvalue weighted by molar-refractivity contribution is 6.15. The smallest absolute Gasteiger partial charge is 0.0784 e. The molecule has 1 nitrogen and oxygen atoms in total. The summed E-state index contributed by atoms with van der Waals surface area (Å²) in [6.07, 6.45) is 17.6. The van der Waals surface area contributed by atoms with Gasteiger partial charge in [0.25, 0.3) is 0 Å². The molecule has 0 atom stereocenters. The van der Waals surface area contributed by atoms with E-state index in [1.54, 1.807) is 6.08 Å². The normalized spacial score (nSPS) is 11.8. The number of aryl methyl sites for hydroxylation is 2. The van der Waals surface area contributed by atoms with Crippen molar-refractivity contribution in [1.82, 2.24) is 0 Å². The monoisotopic (exact) mass is 723 g/mol. The molecule has 0 bridgehead atoms. The lowest BCUT2D eigenvalue weighted by atomic mass is 9.91. The molecule has 6 rings (SSSR count). The van der Waals surface area contributed by atoms with Crippen molar-refractivity contribution in [3.63, 3.8) is 0 Å². The summed E-state index contributed by atoms with van der Waals surface area (Å²) < 4.78 is 0. The zero-order chi connectivity index (χ0) is 39.6. The third-order valence-electron chi connectivity index (χ3n) is 10.3. The number of aliphatic imine (C=N–C) groups is 1. The van der Waals surface area contributed by atoms with Crippen LogP contribution < -0.4 is 0 Å². The van der Waals surface area contributed by atoms with Gasteiger partial charge in [-0.05, 0) is 124 Å². The molecule has 1 heteroatoms. The van der Waals surface area contributed by atoms with Gasteiger partial charge < -0.3 is 0 Å². The van der Waals surface area contributed by atoms with E-state index in [1.807, 2.05) is 36.4 Å². The average Bonchev–Trinajstić information content (AvgIpc) is 3.22. The molecule has 0 saturated carbocycles. The SMILES string of the molecule is C=C/C=C\c1ccc(-c2cc(-c3ccc(C(=C)N=C(c4ccccc4)c4ccc(/C=C\C=C)c(C)c4C)cc3)cc(-c3ccc(/C=C\C=C)c(C)c3)c2)cc1C. The zero-order valence-electron chi connectivity index (χ0n) is 33.0. The maximum absolute atomic E-state index is 5.23. The molecule has 0 amide bonds. The highest BCUT2D eigenvalue weighted by Crippen LogP contribution is 2.35. The fourth-order valence-corrected chi connectivity index (χ4v) is 6.94. The molecule has 0 radical (unpaired) electrons. The van der Waals surface area contributed by atoms with Crippen molar-refractivity contribution in [3.8, 4) is 33.4 Å². The van der Waals surface area contributed by atoms with Gasteiger partial charge in [0.05, 0.1) is 11.4 Å². The molecule has 0 N–H and O–H groups in total. The second kappa shape index (κ2) is 18.0. The van der Waals surface area contributed by atoms with E-state index in [-0.39, 0.29) is 0 Å². The molecule has 0 heterocycles. The Labute approximate surface area is 334 Å². The molecule has 0 saturated heterocycles. The molecule has 0 aliphatic carbocycles. The van der Waals surface area contributed by atoms with Gasteiger partial charge in [0, 0.05) is 11.1 Å². The lowest BCUT2D eigenvalue weighted by Gasteiger charge is -2.16. The van der Waals surface area contributed by atoms with Gasteiger partial charge in [0.1, 0.15) is 0 Å². The fraction of sp³-hybridized carbons (Fsp3) is 0.0727. The van der Waals surface area contributed by atoms with E-state index in [1.165, 1.54) is 50.1 Å². The first kappa shape index (κ1) is 38.9. The van der Waals surface area contributed by atoms with Crippen molar-refractivity contribution < 1.29 is 0 Å². The Morgan fingerprint density at radius 1 is 0.446 bits per heavy atom. The van der Waals surface area contributed by atoms with Gasteiger partial charge in [-0.25, -0.2) is 4.99 Å². The van der Waals surface area contributed by atoms with Crippen LogP contribution in [0.5, 0.6) is 0 Å². The van der Waals surface area contributed by atoms with E-state index in [4.69, 9.17) is 4.99 Å². The maximum atomic E-state index is 5.23. The number of benzene rings is 6. The van der Waals surface area contributed by atoms with E-state index in [0.29, 0.717) is 5.70 Å². The highest BCUT2D eigenvalue weighted by Gasteiger charge is 2.15. The third kappa shape index (κ3) is 8.92. The Hall–Kier alpha value is -6.83. The van der Waals surface area contributed by atoms with Gasteiger partial charge in [0.2, 0.25) is 0 Å². The Kier molecular flexibility index (Phi) is 12.5. The van der Waals surface area contributed by atoms with E-state index in [0.717, 1.165) is 44.7 Å². The summed E-state index contributed by atoms with van der Waals surface area (Å²) in [6, 6.07) is 43.5. The van der Waals surface area contributed by atoms with Crippen molar-refractivity contribution in [2.45, 2.75) is 27.7 Å². The molecule has 6 aromatic carbocycles. The molecular formula is C55H49N. The number of allylic oxidation sites excluding steroid dienone is 6. The Balaban J connectivity index is 1.41. The van der Waals surface area contributed by atoms with Crippen LogP contribution in [0.1, 0.15) is 55.6 Å². The number of hydrogen-bond acceptors (Lipinski definition) is 1. The molecule has 0 fully saturated rings. The van der Waals surface area contributed by atoms with Crippen molar-refractivity contribution in [2.75, 3.05) is 0 Å². The quantitative estimate of drug-likeness (QED) is 0.0831. The summed E-state index contributed by atoms with van der Waals surface area (Å²) >= 11 is 0. The minimum atomic E-state index is 0.708. The van der Waals surface area contributed by atoms with Crippen LogP contribution in [0.3, 0.4) is 0 Å². The van der Waals surface area contributed by atoms with Gasteiger partial charge >= 0.3 is 0 Å². The maximum Gasteiger partial charge on any atom is 0.0784 e. The average molecular weight is 724 g/mol. The van der Waals surface area contributed by atoms with Crippen molar-refractivity contribution in [3.05, 3.63) is 240 Å². The summed E-state index contributed by atoms with van der Waals surface area (Å²) in [5, 5.41) is 0. The van der Waals surface area contributed by atoms with Gasteiger partial charge in [-0.2, -0.15) is 0 Å². The third-order valence-corrected chi connectivity index (χ3v) is 10.3. The van der Waals surface area contributed by atoms with Crippen LogP contribution in [0.15, 0.2) is 189 Å². The van der Waals surface area contributed by atoms with Gasteiger partial charge in [-0.1, -0.05) is 184 Å². The second-order valence-electron chi connectivity index (χ2n) is 14.0. The Bertz CT molecular complexity index is 2460. The number of hydrogen-bond donors (Lipinski definition) is 0. The van der Waals surface area contributed by atoms with Crippen LogP contribution >= 0.6 is 0 Å². The van der Waals surface area contributed by atoms with Crippen LogP contribution in [0, 0.1) is 27.7 Å². The fourth-order valence-electron chi connectivity index (χ4n) is 6.94. The summed E-state index contributed by atoms with van der Waals surface area (Å²) in [5.74, 6) is 0. The van der Waals surface area contributed by atoms with Crippen molar-refractivity contribution in [1.29, 1.82) is 0 Å². The lowest BCUT2D eigenvalue weighted by Crippen LogP contribution is -2.08. The van der Waals surface area contributed by atoms with Gasteiger partial charge in [-0.3, -0.25) is 0 Å². The molecule has 0 aliphatic heterocycles. The Morgan fingerprint density at radius 2 is 0.911 bits per heavy atom. The molecule has 0 unspecified atom stereocenters. The van der Waals surface area contributed by atoms with E-state index in [9.17, 15) is 0 Å². The van der Waals surface area contributed by atoms with Crippen LogP contribution in [0.2, 0.25) is 0 Å². The van der Waals surface area contributed by atoms with E-state index in [2.05, 4.69) is 187 Å². The molecule has 0 aromatic heterocycles. The molecule has 0 spiro atoms. The zero-order valence-corrected chi connectivity index (χ0v) is 33.0. The van der Waals surface area contributed by atoms with Gasteiger partial charge in [0.15, 0.2) is 0 Å². The van der Waals surface area contributed by atoms with Crippen LogP contribution in [-0.4, -0.2) is 5.71 Å². The first-order valence-corrected chi connectivity index (χ1v) is 19.0. The summed E-state index contributed by atoms with van der Waals surface area (Å²) in [5.41, 5.74) is 20.0. The molecule has 0 aliphatic rings. The highest BCUT2D eigenvalue weighted by atomic mass is 14.8. The molecule has 6 aromatic rings. The summed E-state index contributed by atoms with van der Waals surface area (Å²) in [7, 11) is 0. The van der Waals surface area contributed by atoms with Crippen molar-refractivity contribution >= 4 is 29.6 Å². The van der Waals surface area contributed by atoms with Crippen molar-refractivity contribution in [2.24, 2.45) is 4.99 Å². The molecular weight excluding hydrogens is 675 g/mol. The summed E-state index contributed by atoms with van der Waals surface area (Å²) in [4.78, 5) is 5.23. The molecule has 56 heavy (non-hydrogen) atoms. The number of rotatable bonds is 13. The van der Waals surface area contributed by atoms with Crippen LogP contribution in [-0.2, 0) is 0 Å². The second-order valence-corrected chi connectivity index (χ2v) is 14.0. The largest absolute Gasteiger partial charge is 0.248 e. The Morgan fingerprint density at radius 3 is 1.41 bits per heavy atom. The number of nitrogens with zero attached hydrogens (tertiary/aromatic N) is 1. The lowest BCUT2D eigenvalue weighted by molar-refractivity contribution is 1.30. The predicted octanol–water partition coefficient (Wildman–Crippen LogP) is 15.0. The predicted molar refractivity (Wildman–Crippen MR) is 247 cm³/mol. The first-order valence-electron chi connectivity index (χ1n) is 19.0. The van der Waals surface area contributed by atoms with Gasteiger partial charge in [-0.15, -0.1) is 0 Å². The van der Waals surface area contributed by atoms with E-state index >= 15 is 0 Å². The summed E-state index contributed by atoms with van der Waals surface area (Å²) in [6.45, 7) is 24.6. The minimum absolute atomic E-state index is 0.708. The molecule has 274 valence electrons. The van der Waals surface area contributed by atoms with Crippen LogP contribution in [0.25, 0.3) is 57.3 Å². The minimum Gasteiger partial charge on any atom is -0.248 e. The standard InChI is InChI=1S/C55H49N/c1-9-12-18-43-23-29-49(33-38(43)4)52-35-51(36-53(37-52)50-30-24-44(19-13-10-2)39(5)34-50)47-27-25-46(26-28-47)42(8)56-55(48-21-16-15-17-22-48)54-32-31-45(20-14-11-3)40(6)41(54)7/h9-37H,1-3,8H2,4-7H3/b18-12-,19-13-,20-14-,56-55?. The topological polar surface area (TPSA) is 12.4 Å².